The van der Waals surface area contributed by atoms with Crippen molar-refractivity contribution in [3.05, 3.63) is 95.1 Å². The summed E-state index contributed by atoms with van der Waals surface area (Å²) in [5.41, 5.74) is 1.28. The lowest BCUT2D eigenvalue weighted by molar-refractivity contribution is -0.140. The highest BCUT2D eigenvalue weighted by Gasteiger charge is 2.46. The van der Waals surface area contributed by atoms with Gasteiger partial charge in [0, 0.05) is 24.5 Å². The van der Waals surface area contributed by atoms with E-state index in [0.717, 1.165) is 24.5 Å². The molecule has 2 aromatic carbocycles. The number of hydrogen-bond donors (Lipinski definition) is 1. The second-order valence-corrected chi connectivity index (χ2v) is 8.41. The Bertz CT molecular complexity index is 1270. The van der Waals surface area contributed by atoms with Gasteiger partial charge in [0.1, 0.15) is 11.5 Å². The molecule has 1 aliphatic rings. The molecule has 1 N–H and O–H groups in total. The van der Waals surface area contributed by atoms with Crippen LogP contribution in [-0.2, 0) is 16.1 Å². The molecule has 0 radical (unpaired) electrons. The first-order valence-electron chi connectivity index (χ1n) is 11.7. The number of carbonyl (C=O) groups excluding carboxylic acids is 2. The maximum atomic E-state index is 14.4. The van der Waals surface area contributed by atoms with Gasteiger partial charge in [-0.3, -0.25) is 14.6 Å². The molecule has 0 aliphatic carbocycles. The number of Topliss-reactive ketones (excluding diaryl/α,β-unsaturated/α-hetero) is 1. The van der Waals surface area contributed by atoms with E-state index in [1.54, 1.807) is 48.8 Å². The molecule has 1 amide bonds. The zero-order chi connectivity index (χ0) is 25.7. The molecule has 4 rings (SSSR count). The van der Waals surface area contributed by atoms with Crippen LogP contribution in [0.2, 0.25) is 0 Å². The van der Waals surface area contributed by atoms with Crippen LogP contribution in [0.15, 0.2) is 72.6 Å². The summed E-state index contributed by atoms with van der Waals surface area (Å²) in [6.45, 7) is 2.76. The average molecular weight is 491 g/mol. The van der Waals surface area contributed by atoms with E-state index in [4.69, 9.17) is 9.47 Å². The number of amides is 1. The van der Waals surface area contributed by atoms with Crippen molar-refractivity contribution < 1.29 is 28.6 Å². The number of methoxy groups -OCH3 is 1. The summed E-state index contributed by atoms with van der Waals surface area (Å²) in [7, 11) is 1.33. The molecule has 7 nitrogen and oxygen atoms in total. The number of rotatable bonds is 9. The summed E-state index contributed by atoms with van der Waals surface area (Å²) in [6.07, 6.45) is 5.16. The summed E-state index contributed by atoms with van der Waals surface area (Å²) in [4.78, 5) is 31.8. The molecule has 0 spiro atoms. The first-order chi connectivity index (χ1) is 17.4. The van der Waals surface area contributed by atoms with Crippen molar-refractivity contribution in [1.82, 2.24) is 9.88 Å². The van der Waals surface area contributed by atoms with E-state index < -0.39 is 29.3 Å². The van der Waals surface area contributed by atoms with Crippen LogP contribution >= 0.6 is 0 Å². The quantitative estimate of drug-likeness (QED) is 0.196. The topological polar surface area (TPSA) is 89.0 Å². The van der Waals surface area contributed by atoms with Gasteiger partial charge in [-0.25, -0.2) is 4.39 Å². The summed E-state index contributed by atoms with van der Waals surface area (Å²) in [5.74, 6) is -2.11. The predicted octanol–water partition coefficient (Wildman–Crippen LogP) is 5.03. The normalized spacial score (nSPS) is 16.9. The van der Waals surface area contributed by atoms with Crippen molar-refractivity contribution in [2.75, 3.05) is 13.7 Å². The van der Waals surface area contributed by atoms with E-state index in [1.165, 1.54) is 24.1 Å². The van der Waals surface area contributed by atoms with Crippen LogP contribution in [0.3, 0.4) is 0 Å². The van der Waals surface area contributed by atoms with Gasteiger partial charge in [-0.1, -0.05) is 31.5 Å². The number of nitrogens with zero attached hydrogens (tertiary/aromatic N) is 2. The number of ketones is 1. The van der Waals surface area contributed by atoms with E-state index >= 15 is 0 Å². The van der Waals surface area contributed by atoms with Gasteiger partial charge < -0.3 is 19.5 Å². The number of likely N-dealkylation sites (tertiary alicyclic amines) is 1. The molecule has 1 unspecified atom stereocenters. The molecule has 186 valence electrons. The first-order valence-corrected chi connectivity index (χ1v) is 11.7. The molecule has 36 heavy (non-hydrogen) atoms. The van der Waals surface area contributed by atoms with Crippen LogP contribution in [-0.4, -0.2) is 40.4 Å². The second-order valence-electron chi connectivity index (χ2n) is 8.41. The Morgan fingerprint density at radius 2 is 1.92 bits per heavy atom. The fourth-order valence-electron chi connectivity index (χ4n) is 4.13. The van der Waals surface area contributed by atoms with E-state index in [2.05, 4.69) is 11.9 Å². The molecule has 1 fully saturated rings. The third kappa shape index (κ3) is 5.07. The van der Waals surface area contributed by atoms with Crippen LogP contribution < -0.4 is 9.47 Å². The number of unbranched alkanes of at least 4 members (excludes halogenated alkanes) is 1. The molecule has 0 saturated carbocycles. The number of aliphatic hydroxyl groups is 1. The number of halogens is 1. The average Bonchev–Trinajstić information content (AvgIpc) is 3.14. The molecule has 2 heterocycles. The fourth-order valence-corrected chi connectivity index (χ4v) is 4.13. The molecule has 1 aliphatic heterocycles. The Labute approximate surface area is 208 Å². The monoisotopic (exact) mass is 490 g/mol. The van der Waals surface area contributed by atoms with Crippen LogP contribution in [0.25, 0.3) is 5.76 Å². The van der Waals surface area contributed by atoms with Gasteiger partial charge in [-0.05, 0) is 53.9 Å². The first kappa shape index (κ1) is 24.9. The third-order valence-corrected chi connectivity index (χ3v) is 6.00. The van der Waals surface area contributed by atoms with Crippen molar-refractivity contribution in [2.24, 2.45) is 0 Å². The van der Waals surface area contributed by atoms with E-state index in [9.17, 15) is 19.1 Å². The maximum absolute atomic E-state index is 14.4. The number of aromatic nitrogens is 1. The van der Waals surface area contributed by atoms with Crippen LogP contribution in [0.5, 0.6) is 11.5 Å². The van der Waals surface area contributed by atoms with Crippen LogP contribution in [0.4, 0.5) is 4.39 Å². The molecule has 3 aromatic rings. The van der Waals surface area contributed by atoms with Gasteiger partial charge >= 0.3 is 0 Å². The summed E-state index contributed by atoms with van der Waals surface area (Å²) < 4.78 is 25.1. The molecule has 8 heteroatoms. The zero-order valence-corrected chi connectivity index (χ0v) is 20.1. The number of hydrogen-bond acceptors (Lipinski definition) is 6. The Morgan fingerprint density at radius 1 is 1.14 bits per heavy atom. The molecule has 1 atom stereocenters. The van der Waals surface area contributed by atoms with Gasteiger partial charge in [0.2, 0.25) is 0 Å². The second kappa shape index (κ2) is 11.0. The predicted molar refractivity (Wildman–Crippen MR) is 132 cm³/mol. The van der Waals surface area contributed by atoms with E-state index in [1.807, 2.05) is 0 Å². The van der Waals surface area contributed by atoms with Gasteiger partial charge in [-0.15, -0.1) is 0 Å². The van der Waals surface area contributed by atoms with Gasteiger partial charge in [0.15, 0.2) is 11.6 Å². The van der Waals surface area contributed by atoms with Crippen molar-refractivity contribution >= 4 is 17.4 Å². The lowest BCUT2D eigenvalue weighted by Crippen LogP contribution is -2.29. The fraction of sp³-hybridized carbons (Fsp3) is 0.250. The maximum Gasteiger partial charge on any atom is 0.295 e. The van der Waals surface area contributed by atoms with Gasteiger partial charge in [0.05, 0.1) is 25.3 Å². The minimum absolute atomic E-state index is 0.00112. The molecule has 0 bridgehead atoms. The highest BCUT2D eigenvalue weighted by atomic mass is 19.1. The van der Waals surface area contributed by atoms with Gasteiger partial charge in [-0.2, -0.15) is 0 Å². The smallest absolute Gasteiger partial charge is 0.295 e. The number of benzene rings is 2. The van der Waals surface area contributed by atoms with E-state index in [-0.39, 0.29) is 23.4 Å². The molecule has 1 aromatic heterocycles. The van der Waals surface area contributed by atoms with Crippen molar-refractivity contribution in [3.63, 3.8) is 0 Å². The third-order valence-electron chi connectivity index (χ3n) is 6.00. The Morgan fingerprint density at radius 3 is 2.56 bits per heavy atom. The SMILES string of the molecule is CCCCOc1ccc(C2/C(=C(\O)c3ccc(OC)c(F)c3)C(=O)C(=O)N2Cc2cccnc2)cc1. The summed E-state index contributed by atoms with van der Waals surface area (Å²) >= 11 is 0. The number of aliphatic hydroxyl groups excluding tert-OH is 1. The van der Waals surface area contributed by atoms with Crippen molar-refractivity contribution in [2.45, 2.75) is 32.4 Å². The number of pyridine rings is 1. The van der Waals surface area contributed by atoms with Crippen molar-refractivity contribution in [3.8, 4) is 11.5 Å². The largest absolute Gasteiger partial charge is 0.507 e. The minimum atomic E-state index is -0.889. The minimum Gasteiger partial charge on any atom is -0.507 e. The van der Waals surface area contributed by atoms with Gasteiger partial charge in [0.25, 0.3) is 11.7 Å². The Kier molecular flexibility index (Phi) is 7.63. The van der Waals surface area contributed by atoms with Crippen LogP contribution in [0.1, 0.15) is 42.5 Å². The number of ether oxygens (including phenoxy) is 2. The highest BCUT2D eigenvalue weighted by molar-refractivity contribution is 6.46. The van der Waals surface area contributed by atoms with Crippen LogP contribution in [0, 0.1) is 5.82 Å². The molecular formula is C28H27FN2O5. The molecule has 1 saturated heterocycles. The molecular weight excluding hydrogens is 463 g/mol. The Balaban J connectivity index is 1.78. The summed E-state index contributed by atoms with van der Waals surface area (Å²) in [5, 5.41) is 11.1. The lowest BCUT2D eigenvalue weighted by Gasteiger charge is -2.25. The van der Waals surface area contributed by atoms with E-state index in [0.29, 0.717) is 17.9 Å². The highest BCUT2D eigenvalue weighted by Crippen LogP contribution is 2.41. The summed E-state index contributed by atoms with van der Waals surface area (Å²) in [6, 6.07) is 13.6. The number of carbonyl (C=O) groups is 2. The van der Waals surface area contributed by atoms with Crippen molar-refractivity contribution in [1.29, 1.82) is 0 Å². The lowest BCUT2D eigenvalue weighted by atomic mass is 9.95. The standard InChI is InChI=1S/C28H27FN2O5/c1-3-4-14-36-21-10-7-19(8-11-21)25-24(26(32)20-9-12-23(35-2)22(29)15-20)27(33)28(34)31(25)17-18-6-5-13-30-16-18/h5-13,15-16,25,32H,3-4,14,17H2,1-2H3/b26-24+. The Hall–Kier alpha value is -4.20. The zero-order valence-electron chi connectivity index (χ0n) is 20.1.